The molecule has 1 aromatic carbocycles. The predicted octanol–water partition coefficient (Wildman–Crippen LogP) is 4.78. The summed E-state index contributed by atoms with van der Waals surface area (Å²) in [4.78, 5) is 0.869. The zero-order valence-corrected chi connectivity index (χ0v) is 13.0. The van der Waals surface area contributed by atoms with E-state index in [0.29, 0.717) is 6.04 Å². The molecule has 3 rings (SSSR count). The Kier molecular flexibility index (Phi) is 4.67. The number of halogens is 1. The molecule has 2 aliphatic rings. The molecule has 3 unspecified atom stereocenters. The minimum Gasteiger partial charge on any atom is -0.310 e. The normalized spacial score (nSPS) is 30.0. The van der Waals surface area contributed by atoms with Crippen molar-refractivity contribution in [3.05, 3.63) is 29.6 Å². The van der Waals surface area contributed by atoms with Crippen LogP contribution in [0.1, 0.15) is 50.6 Å². The molecule has 0 aromatic heterocycles. The lowest BCUT2D eigenvalue weighted by molar-refractivity contribution is 0.265. The van der Waals surface area contributed by atoms with E-state index in [1.807, 2.05) is 6.07 Å². The van der Waals surface area contributed by atoms with Crippen molar-refractivity contribution >= 4 is 11.8 Å². The molecule has 1 N–H and O–H groups in total. The third-order valence-electron chi connectivity index (χ3n) is 4.72. The van der Waals surface area contributed by atoms with Crippen LogP contribution in [0.2, 0.25) is 0 Å². The van der Waals surface area contributed by atoms with Crippen LogP contribution in [0.3, 0.4) is 0 Å². The van der Waals surface area contributed by atoms with Gasteiger partial charge in [0, 0.05) is 10.9 Å². The fourth-order valence-electron chi connectivity index (χ4n) is 3.65. The second-order valence-electron chi connectivity index (χ2n) is 6.39. The molecule has 1 saturated carbocycles. The largest absolute Gasteiger partial charge is 0.310 e. The summed E-state index contributed by atoms with van der Waals surface area (Å²) in [5, 5.41) is 3.72. The summed E-state index contributed by atoms with van der Waals surface area (Å²) in [6.07, 6.45) is 6.59. The summed E-state index contributed by atoms with van der Waals surface area (Å²) >= 11 is 1.67. The molecule has 0 bridgehead atoms. The van der Waals surface area contributed by atoms with Crippen LogP contribution in [-0.4, -0.2) is 12.3 Å². The summed E-state index contributed by atoms with van der Waals surface area (Å²) < 4.78 is 13.8. The molecule has 0 amide bonds. The number of thioether (sulfide) groups is 1. The maximum Gasteiger partial charge on any atom is 0.137 e. The van der Waals surface area contributed by atoms with Crippen LogP contribution in [0.4, 0.5) is 4.39 Å². The molecule has 1 aliphatic carbocycles. The monoisotopic (exact) mass is 293 g/mol. The van der Waals surface area contributed by atoms with Crippen molar-refractivity contribution in [1.82, 2.24) is 5.32 Å². The van der Waals surface area contributed by atoms with Crippen LogP contribution in [-0.2, 0) is 0 Å². The topological polar surface area (TPSA) is 12.0 Å². The highest BCUT2D eigenvalue weighted by Crippen LogP contribution is 2.38. The smallest absolute Gasteiger partial charge is 0.137 e. The molecule has 3 atom stereocenters. The fraction of sp³-hybridized carbons (Fsp3) is 0.647. The Balaban J connectivity index is 1.63. The van der Waals surface area contributed by atoms with Gasteiger partial charge in [-0.3, -0.25) is 0 Å². The summed E-state index contributed by atoms with van der Waals surface area (Å²) in [7, 11) is 0. The molecule has 3 heteroatoms. The first-order chi connectivity index (χ1) is 9.74. The molecular weight excluding hydrogens is 269 g/mol. The molecular formula is C17H24FNS. The number of hydrogen-bond acceptors (Lipinski definition) is 2. The third-order valence-corrected chi connectivity index (χ3v) is 5.88. The maximum absolute atomic E-state index is 13.8. The Morgan fingerprint density at radius 1 is 1.30 bits per heavy atom. The first kappa shape index (κ1) is 14.4. The average Bonchev–Trinajstić information content (AvgIpc) is 2.46. The van der Waals surface area contributed by atoms with Gasteiger partial charge >= 0.3 is 0 Å². The highest BCUT2D eigenvalue weighted by molar-refractivity contribution is 7.99. The van der Waals surface area contributed by atoms with E-state index < -0.39 is 0 Å². The summed E-state index contributed by atoms with van der Waals surface area (Å²) in [6.45, 7) is 3.46. The van der Waals surface area contributed by atoms with Crippen molar-refractivity contribution in [3.8, 4) is 0 Å². The fourth-order valence-corrected chi connectivity index (χ4v) is 4.79. The third kappa shape index (κ3) is 3.20. The van der Waals surface area contributed by atoms with E-state index in [4.69, 9.17) is 0 Å². The Morgan fingerprint density at radius 3 is 3.05 bits per heavy atom. The number of nitrogens with one attached hydrogen (secondary N) is 1. The van der Waals surface area contributed by atoms with Gasteiger partial charge in [0.2, 0.25) is 0 Å². The first-order valence-corrected chi connectivity index (χ1v) is 8.87. The first-order valence-electron chi connectivity index (χ1n) is 7.88. The zero-order valence-electron chi connectivity index (χ0n) is 12.2. The highest BCUT2D eigenvalue weighted by Gasteiger charge is 2.25. The van der Waals surface area contributed by atoms with Gasteiger partial charge in [-0.1, -0.05) is 31.9 Å². The Bertz CT molecular complexity index is 462. The number of rotatable bonds is 3. The minimum atomic E-state index is -0.0507. The summed E-state index contributed by atoms with van der Waals surface area (Å²) in [5.74, 6) is 2.66. The molecule has 0 radical (unpaired) electrons. The second-order valence-corrected chi connectivity index (χ2v) is 7.50. The van der Waals surface area contributed by atoms with Crippen molar-refractivity contribution in [3.63, 3.8) is 0 Å². The van der Waals surface area contributed by atoms with Crippen molar-refractivity contribution < 1.29 is 4.39 Å². The van der Waals surface area contributed by atoms with E-state index in [1.165, 1.54) is 31.2 Å². The molecule has 1 aromatic rings. The van der Waals surface area contributed by atoms with Gasteiger partial charge in [-0.2, -0.15) is 0 Å². The van der Waals surface area contributed by atoms with Gasteiger partial charge in [-0.25, -0.2) is 4.39 Å². The minimum absolute atomic E-state index is 0.0507. The van der Waals surface area contributed by atoms with Crippen molar-refractivity contribution in [2.24, 2.45) is 11.8 Å². The lowest BCUT2D eigenvalue weighted by atomic mass is 9.82. The van der Waals surface area contributed by atoms with Gasteiger partial charge in [0.15, 0.2) is 0 Å². The molecule has 1 fully saturated rings. The van der Waals surface area contributed by atoms with Crippen molar-refractivity contribution in [2.45, 2.75) is 50.0 Å². The molecule has 1 aliphatic heterocycles. The van der Waals surface area contributed by atoms with Crippen LogP contribution in [0.25, 0.3) is 0 Å². The number of fused-ring (bicyclic) bond motifs is 1. The SMILES string of the molecule is CC1CCCC(CNC2CCSc3c(F)cccc32)C1. The van der Waals surface area contributed by atoms with Crippen LogP contribution < -0.4 is 5.32 Å². The van der Waals surface area contributed by atoms with Crippen LogP contribution in [0.15, 0.2) is 23.1 Å². The van der Waals surface area contributed by atoms with E-state index in [0.717, 1.165) is 35.4 Å². The lowest BCUT2D eigenvalue weighted by Crippen LogP contribution is -2.31. The van der Waals surface area contributed by atoms with Gasteiger partial charge < -0.3 is 5.32 Å². The number of benzene rings is 1. The molecule has 1 nitrogen and oxygen atoms in total. The van der Waals surface area contributed by atoms with Gasteiger partial charge in [0.05, 0.1) is 0 Å². The Labute approximate surface area is 125 Å². The molecule has 0 spiro atoms. The second kappa shape index (κ2) is 6.48. The molecule has 0 saturated heterocycles. The van der Waals surface area contributed by atoms with Gasteiger partial charge in [0.25, 0.3) is 0 Å². The maximum atomic E-state index is 13.8. The molecule has 1 heterocycles. The van der Waals surface area contributed by atoms with Crippen molar-refractivity contribution in [2.75, 3.05) is 12.3 Å². The average molecular weight is 293 g/mol. The molecule has 20 heavy (non-hydrogen) atoms. The lowest BCUT2D eigenvalue weighted by Gasteiger charge is -2.31. The van der Waals surface area contributed by atoms with Gasteiger partial charge in [0.1, 0.15) is 5.82 Å². The summed E-state index contributed by atoms with van der Waals surface area (Å²) in [5.41, 5.74) is 1.17. The highest BCUT2D eigenvalue weighted by atomic mass is 32.2. The van der Waals surface area contributed by atoms with Crippen molar-refractivity contribution in [1.29, 1.82) is 0 Å². The van der Waals surface area contributed by atoms with E-state index in [-0.39, 0.29) is 5.82 Å². The molecule has 110 valence electrons. The van der Waals surface area contributed by atoms with Crippen LogP contribution >= 0.6 is 11.8 Å². The van der Waals surface area contributed by atoms with Gasteiger partial charge in [-0.15, -0.1) is 11.8 Å². The van der Waals surface area contributed by atoms with E-state index in [9.17, 15) is 4.39 Å². The standard InChI is InChI=1S/C17H24FNS/c1-12-4-2-5-13(10-12)11-19-16-8-9-20-17-14(16)6-3-7-15(17)18/h3,6-7,12-13,16,19H,2,4-5,8-11H2,1H3. The van der Waals surface area contributed by atoms with Crippen LogP contribution in [0, 0.1) is 17.7 Å². The van der Waals surface area contributed by atoms with E-state index in [2.05, 4.69) is 18.3 Å². The van der Waals surface area contributed by atoms with Gasteiger partial charge in [-0.05, 0) is 55.0 Å². The Morgan fingerprint density at radius 2 is 2.20 bits per heavy atom. The number of hydrogen-bond donors (Lipinski definition) is 1. The zero-order chi connectivity index (χ0) is 13.9. The van der Waals surface area contributed by atoms with Crippen LogP contribution in [0.5, 0.6) is 0 Å². The van der Waals surface area contributed by atoms with E-state index in [1.54, 1.807) is 17.8 Å². The Hall–Kier alpha value is -0.540. The van der Waals surface area contributed by atoms with E-state index >= 15 is 0 Å². The predicted molar refractivity (Wildman–Crippen MR) is 83.6 cm³/mol. The quantitative estimate of drug-likeness (QED) is 0.861. The summed E-state index contributed by atoms with van der Waals surface area (Å²) in [6, 6.07) is 5.86.